The van der Waals surface area contributed by atoms with Crippen LogP contribution in [0.2, 0.25) is 0 Å². The molecule has 124 valence electrons. The van der Waals surface area contributed by atoms with Crippen molar-refractivity contribution < 1.29 is 8.42 Å². The topological polar surface area (TPSA) is 71.1 Å². The van der Waals surface area contributed by atoms with Crippen molar-refractivity contribution in [2.75, 3.05) is 15.8 Å². The number of nitrogens with zero attached hydrogens (tertiary/aromatic N) is 1. The van der Waals surface area contributed by atoms with Crippen LogP contribution in [0.1, 0.15) is 25.8 Å². The summed E-state index contributed by atoms with van der Waals surface area (Å²) >= 11 is 0. The SMILES string of the molecule is CCC(C)Nc1ccc(NS(=O)(=O)CCc2ccccc2)nc1. The summed E-state index contributed by atoms with van der Waals surface area (Å²) in [7, 11) is -3.41. The van der Waals surface area contributed by atoms with Crippen LogP contribution < -0.4 is 10.0 Å². The van der Waals surface area contributed by atoms with Crippen LogP contribution in [0.3, 0.4) is 0 Å². The quantitative estimate of drug-likeness (QED) is 0.778. The van der Waals surface area contributed by atoms with Gasteiger partial charge >= 0.3 is 0 Å². The Hall–Kier alpha value is -2.08. The van der Waals surface area contributed by atoms with Crippen molar-refractivity contribution in [1.82, 2.24) is 4.98 Å². The van der Waals surface area contributed by atoms with E-state index in [1.165, 1.54) is 0 Å². The van der Waals surface area contributed by atoms with Gasteiger partial charge in [0.2, 0.25) is 10.0 Å². The highest BCUT2D eigenvalue weighted by Gasteiger charge is 2.11. The summed E-state index contributed by atoms with van der Waals surface area (Å²) in [5.74, 6) is 0.374. The first-order chi connectivity index (χ1) is 11.0. The Labute approximate surface area is 138 Å². The number of hydrogen-bond acceptors (Lipinski definition) is 4. The fourth-order valence-corrected chi connectivity index (χ4v) is 3.08. The van der Waals surface area contributed by atoms with Crippen molar-refractivity contribution in [1.29, 1.82) is 0 Å². The third-order valence-corrected chi connectivity index (χ3v) is 4.81. The predicted octanol–water partition coefficient (Wildman–Crippen LogP) is 3.28. The molecule has 0 fully saturated rings. The van der Waals surface area contributed by atoms with Crippen molar-refractivity contribution in [2.24, 2.45) is 0 Å². The minimum atomic E-state index is -3.41. The van der Waals surface area contributed by atoms with Crippen LogP contribution in [-0.4, -0.2) is 25.2 Å². The molecule has 2 N–H and O–H groups in total. The van der Waals surface area contributed by atoms with Crippen molar-refractivity contribution in [3.63, 3.8) is 0 Å². The lowest BCUT2D eigenvalue weighted by Crippen LogP contribution is -2.19. The van der Waals surface area contributed by atoms with E-state index >= 15 is 0 Å². The summed E-state index contributed by atoms with van der Waals surface area (Å²) in [6, 6.07) is 13.4. The molecule has 1 heterocycles. The molecular weight excluding hydrogens is 310 g/mol. The molecule has 0 aliphatic heterocycles. The zero-order chi connectivity index (χ0) is 16.7. The van der Waals surface area contributed by atoms with E-state index in [2.05, 4.69) is 28.9 Å². The molecule has 0 spiro atoms. The maximum absolute atomic E-state index is 12.1. The molecule has 1 atom stereocenters. The van der Waals surface area contributed by atoms with Gasteiger partial charge in [-0.15, -0.1) is 0 Å². The summed E-state index contributed by atoms with van der Waals surface area (Å²) in [5.41, 5.74) is 1.88. The van der Waals surface area contributed by atoms with Gasteiger partial charge in [-0.25, -0.2) is 13.4 Å². The lowest BCUT2D eigenvalue weighted by molar-refractivity contribution is 0.600. The molecule has 0 aliphatic carbocycles. The number of sulfonamides is 1. The van der Waals surface area contributed by atoms with Crippen molar-refractivity contribution in [3.8, 4) is 0 Å². The number of rotatable bonds is 8. The van der Waals surface area contributed by atoms with Gasteiger partial charge in [0.1, 0.15) is 5.82 Å². The molecule has 6 heteroatoms. The van der Waals surface area contributed by atoms with Crippen molar-refractivity contribution in [2.45, 2.75) is 32.7 Å². The van der Waals surface area contributed by atoms with E-state index in [-0.39, 0.29) is 5.75 Å². The van der Waals surface area contributed by atoms with Gasteiger partial charge in [0.25, 0.3) is 0 Å². The molecule has 1 aromatic carbocycles. The average molecular weight is 333 g/mol. The highest BCUT2D eigenvalue weighted by atomic mass is 32.2. The molecule has 0 bridgehead atoms. The van der Waals surface area contributed by atoms with Crippen LogP contribution in [0, 0.1) is 0 Å². The van der Waals surface area contributed by atoms with E-state index in [4.69, 9.17) is 0 Å². The van der Waals surface area contributed by atoms with Gasteiger partial charge < -0.3 is 5.32 Å². The first-order valence-corrected chi connectivity index (χ1v) is 9.41. The standard InChI is InChI=1S/C17H23N3O2S/c1-3-14(2)19-16-9-10-17(18-13-16)20-23(21,22)12-11-15-7-5-4-6-8-15/h4-10,13-14,19H,3,11-12H2,1-2H3,(H,18,20). The number of aryl methyl sites for hydroxylation is 1. The Morgan fingerprint density at radius 2 is 1.87 bits per heavy atom. The number of aromatic nitrogens is 1. The van der Waals surface area contributed by atoms with Gasteiger partial charge in [-0.05, 0) is 37.5 Å². The fraction of sp³-hybridized carbons (Fsp3) is 0.353. The zero-order valence-corrected chi connectivity index (χ0v) is 14.3. The van der Waals surface area contributed by atoms with Gasteiger partial charge in [-0.2, -0.15) is 0 Å². The van der Waals surface area contributed by atoms with E-state index in [9.17, 15) is 8.42 Å². The Kier molecular flexibility index (Phi) is 5.98. The van der Waals surface area contributed by atoms with E-state index < -0.39 is 10.0 Å². The second kappa shape index (κ2) is 7.97. The Bertz CT molecular complexity index is 700. The fourth-order valence-electron chi connectivity index (χ4n) is 2.03. The van der Waals surface area contributed by atoms with E-state index in [0.717, 1.165) is 17.7 Å². The van der Waals surface area contributed by atoms with Crippen LogP contribution >= 0.6 is 0 Å². The molecule has 2 rings (SSSR count). The van der Waals surface area contributed by atoms with Gasteiger partial charge in [0.15, 0.2) is 0 Å². The molecule has 0 saturated carbocycles. The molecule has 23 heavy (non-hydrogen) atoms. The number of pyridine rings is 1. The summed E-state index contributed by atoms with van der Waals surface area (Å²) < 4.78 is 26.7. The van der Waals surface area contributed by atoms with Crippen LogP contribution in [0.5, 0.6) is 0 Å². The van der Waals surface area contributed by atoms with Crippen LogP contribution in [0.15, 0.2) is 48.7 Å². The van der Waals surface area contributed by atoms with E-state index in [1.807, 2.05) is 36.4 Å². The highest BCUT2D eigenvalue weighted by molar-refractivity contribution is 7.92. The summed E-state index contributed by atoms with van der Waals surface area (Å²) in [4.78, 5) is 4.15. The van der Waals surface area contributed by atoms with Crippen LogP contribution in [0.4, 0.5) is 11.5 Å². The minimum Gasteiger partial charge on any atom is -0.381 e. The number of benzene rings is 1. The molecule has 0 radical (unpaired) electrons. The first kappa shape index (κ1) is 17.3. The maximum Gasteiger partial charge on any atom is 0.234 e. The number of nitrogens with one attached hydrogen (secondary N) is 2. The zero-order valence-electron chi connectivity index (χ0n) is 13.5. The summed E-state index contributed by atoms with van der Waals surface area (Å²) in [6.45, 7) is 4.18. The van der Waals surface area contributed by atoms with E-state index in [1.54, 1.807) is 12.3 Å². The Morgan fingerprint density at radius 3 is 2.48 bits per heavy atom. The summed E-state index contributed by atoms with van der Waals surface area (Å²) in [5, 5.41) is 3.29. The normalized spacial score (nSPS) is 12.6. The molecule has 2 aromatic rings. The second-order valence-electron chi connectivity index (χ2n) is 5.54. The molecule has 0 aliphatic rings. The minimum absolute atomic E-state index is 0.0333. The lowest BCUT2D eigenvalue weighted by atomic mass is 10.2. The third-order valence-electron chi connectivity index (χ3n) is 3.55. The van der Waals surface area contributed by atoms with Gasteiger partial charge in [-0.1, -0.05) is 37.3 Å². The largest absolute Gasteiger partial charge is 0.381 e. The predicted molar refractivity (Wildman–Crippen MR) is 95.2 cm³/mol. The smallest absolute Gasteiger partial charge is 0.234 e. The Balaban J connectivity index is 1.92. The lowest BCUT2D eigenvalue weighted by Gasteiger charge is -2.13. The van der Waals surface area contributed by atoms with Crippen LogP contribution in [-0.2, 0) is 16.4 Å². The maximum atomic E-state index is 12.1. The second-order valence-corrected chi connectivity index (χ2v) is 7.38. The van der Waals surface area contributed by atoms with E-state index in [0.29, 0.717) is 18.3 Å². The first-order valence-electron chi connectivity index (χ1n) is 7.75. The molecule has 5 nitrogen and oxygen atoms in total. The molecule has 0 amide bonds. The van der Waals surface area contributed by atoms with Crippen molar-refractivity contribution >= 4 is 21.5 Å². The molecule has 1 aromatic heterocycles. The average Bonchev–Trinajstić information content (AvgIpc) is 2.55. The molecular formula is C17H23N3O2S. The van der Waals surface area contributed by atoms with Crippen molar-refractivity contribution in [3.05, 3.63) is 54.2 Å². The Morgan fingerprint density at radius 1 is 1.13 bits per heavy atom. The van der Waals surface area contributed by atoms with Gasteiger partial charge in [0.05, 0.1) is 17.6 Å². The van der Waals surface area contributed by atoms with Gasteiger partial charge in [0, 0.05) is 6.04 Å². The number of anilines is 2. The molecule has 1 unspecified atom stereocenters. The third kappa shape index (κ3) is 5.90. The monoisotopic (exact) mass is 333 g/mol. The van der Waals surface area contributed by atoms with Crippen LogP contribution in [0.25, 0.3) is 0 Å². The highest BCUT2D eigenvalue weighted by Crippen LogP contribution is 2.13. The molecule has 0 saturated heterocycles. The summed E-state index contributed by atoms with van der Waals surface area (Å²) in [6.07, 6.45) is 3.12. The van der Waals surface area contributed by atoms with Gasteiger partial charge in [-0.3, -0.25) is 4.72 Å². The number of hydrogen-bond donors (Lipinski definition) is 2.